The Bertz CT molecular complexity index is 1090. The van der Waals surface area contributed by atoms with Crippen LogP contribution in [0.25, 0.3) is 0 Å². The number of aliphatic carboxylic acids is 1. The molecule has 0 aromatic carbocycles. The summed E-state index contributed by atoms with van der Waals surface area (Å²) in [5.74, 6) is -1.71. The molecule has 0 bridgehead atoms. The third kappa shape index (κ3) is 47.1. The zero-order chi connectivity index (χ0) is 48.4. The van der Waals surface area contributed by atoms with Crippen LogP contribution in [0.4, 0.5) is 0 Å². The van der Waals surface area contributed by atoms with E-state index in [0.717, 1.165) is 38.5 Å². The second-order valence-electron chi connectivity index (χ2n) is 20.9. The quantitative estimate of drug-likeness (QED) is 0.0259. The molecule has 0 rings (SSSR count). The molecular weight excluding hydrogens is 823 g/mol. The van der Waals surface area contributed by atoms with Crippen LogP contribution in [-0.2, 0) is 28.6 Å². The number of rotatable bonds is 53. The maximum absolute atomic E-state index is 12.8. The van der Waals surface area contributed by atoms with Gasteiger partial charge >= 0.3 is 11.9 Å². The number of ether oxygens (including phenoxy) is 3. The van der Waals surface area contributed by atoms with Crippen molar-refractivity contribution in [3.8, 4) is 0 Å². The minimum Gasteiger partial charge on any atom is -0.544 e. The molecule has 0 spiro atoms. The summed E-state index contributed by atoms with van der Waals surface area (Å²) in [6.07, 6.45) is 56.8. The lowest BCUT2D eigenvalue weighted by Gasteiger charge is -2.34. The van der Waals surface area contributed by atoms with Crippen molar-refractivity contribution >= 4 is 17.9 Å². The SMILES string of the molecule is CCCCCCCCCCCCCC/C=C/CCCCCCCCCC(=O)OC(COCCC(C(=O)[O-])[N+](C)(C)C)COC(=O)CCCCCCCCCCCCCCCCCCCCC. The standard InChI is InChI=1S/C58H111NO7/c1-6-8-10-12-14-16-18-20-22-24-26-27-28-29-31-33-35-37-39-41-43-45-47-49-57(61)66-54(52-64-51-50-55(58(62)63)59(3,4)5)53-65-56(60)48-46-44-42-40-38-36-34-32-30-25-23-21-19-17-15-13-11-9-7-2/h29,31,54-55H,6-28,30,32-53H2,1-5H3/b31-29+. The predicted octanol–water partition coefficient (Wildman–Crippen LogP) is 15.7. The van der Waals surface area contributed by atoms with Crippen LogP contribution in [0.15, 0.2) is 12.2 Å². The summed E-state index contributed by atoms with van der Waals surface area (Å²) in [7, 11) is 5.43. The molecule has 8 heteroatoms. The van der Waals surface area contributed by atoms with Crippen molar-refractivity contribution in [2.75, 3.05) is 41.0 Å². The molecule has 2 unspecified atom stereocenters. The molecule has 390 valence electrons. The third-order valence-electron chi connectivity index (χ3n) is 13.4. The number of carbonyl (C=O) groups is 3. The summed E-state index contributed by atoms with van der Waals surface area (Å²) in [6.45, 7) is 4.73. The molecule has 0 amide bonds. The van der Waals surface area contributed by atoms with Crippen LogP contribution in [0, 0.1) is 0 Å². The Kier molecular flexibility index (Phi) is 48.0. The molecular formula is C58H111NO7. The fraction of sp³-hybridized carbons (Fsp3) is 0.914. The molecule has 0 N–H and O–H groups in total. The van der Waals surface area contributed by atoms with Crippen molar-refractivity contribution in [1.29, 1.82) is 0 Å². The molecule has 0 aromatic rings. The number of hydrogen-bond donors (Lipinski definition) is 0. The van der Waals surface area contributed by atoms with Crippen molar-refractivity contribution in [3.63, 3.8) is 0 Å². The van der Waals surface area contributed by atoms with Gasteiger partial charge in [-0.1, -0.05) is 244 Å². The molecule has 8 nitrogen and oxygen atoms in total. The summed E-state index contributed by atoms with van der Waals surface area (Å²) in [4.78, 5) is 37.1. The first-order valence-electron chi connectivity index (χ1n) is 28.7. The number of allylic oxidation sites excluding steroid dienone is 2. The van der Waals surface area contributed by atoms with Gasteiger partial charge in [0.1, 0.15) is 12.6 Å². The number of nitrogens with zero attached hydrogens (tertiary/aromatic N) is 1. The Labute approximate surface area is 409 Å². The number of carbonyl (C=O) groups excluding carboxylic acids is 3. The first-order chi connectivity index (χ1) is 32.1. The second kappa shape index (κ2) is 49.5. The van der Waals surface area contributed by atoms with Crippen LogP contribution in [0.1, 0.15) is 290 Å². The zero-order valence-electron chi connectivity index (χ0n) is 44.6. The molecule has 0 saturated heterocycles. The first kappa shape index (κ1) is 64.1. The number of quaternary nitrogens is 1. The minimum absolute atomic E-state index is 0.0454. The largest absolute Gasteiger partial charge is 0.544 e. The van der Waals surface area contributed by atoms with Crippen LogP contribution in [0.3, 0.4) is 0 Å². The summed E-state index contributed by atoms with van der Waals surface area (Å²) in [6, 6.07) is -0.723. The van der Waals surface area contributed by atoms with Gasteiger partial charge in [0, 0.05) is 19.3 Å². The summed E-state index contributed by atoms with van der Waals surface area (Å²) in [5.41, 5.74) is 0. The van der Waals surface area contributed by atoms with Gasteiger partial charge in [-0.05, 0) is 38.5 Å². The van der Waals surface area contributed by atoms with E-state index in [1.165, 1.54) is 218 Å². The lowest BCUT2D eigenvalue weighted by atomic mass is 10.0. The van der Waals surface area contributed by atoms with Crippen molar-refractivity contribution in [3.05, 3.63) is 12.2 Å². The van der Waals surface area contributed by atoms with E-state index in [4.69, 9.17) is 14.2 Å². The molecule has 0 heterocycles. The molecule has 2 atom stereocenters. The monoisotopic (exact) mass is 934 g/mol. The maximum atomic E-state index is 12.8. The fourth-order valence-electron chi connectivity index (χ4n) is 8.95. The summed E-state index contributed by atoms with van der Waals surface area (Å²) >= 11 is 0. The van der Waals surface area contributed by atoms with Gasteiger partial charge in [-0.2, -0.15) is 0 Å². The van der Waals surface area contributed by atoms with Gasteiger partial charge in [-0.15, -0.1) is 0 Å². The van der Waals surface area contributed by atoms with Gasteiger partial charge in [0.25, 0.3) is 0 Å². The van der Waals surface area contributed by atoms with E-state index >= 15 is 0 Å². The van der Waals surface area contributed by atoms with Crippen LogP contribution in [0.2, 0.25) is 0 Å². The molecule has 0 aromatic heterocycles. The number of carboxylic acids is 1. The molecule has 0 fully saturated rings. The molecule has 0 aliphatic rings. The average molecular weight is 935 g/mol. The van der Waals surface area contributed by atoms with Crippen molar-refractivity contribution in [1.82, 2.24) is 0 Å². The lowest BCUT2D eigenvalue weighted by Crippen LogP contribution is -2.55. The normalized spacial score (nSPS) is 12.8. The van der Waals surface area contributed by atoms with Crippen LogP contribution in [-0.4, -0.2) is 75.5 Å². The topological polar surface area (TPSA) is 102 Å². The lowest BCUT2D eigenvalue weighted by molar-refractivity contribution is -0.889. The summed E-state index contributed by atoms with van der Waals surface area (Å²) < 4.78 is 17.3. The summed E-state index contributed by atoms with van der Waals surface area (Å²) in [5, 5.41) is 11.7. The Morgan fingerprint density at radius 3 is 1.09 bits per heavy atom. The van der Waals surface area contributed by atoms with Crippen molar-refractivity contribution < 1.29 is 38.2 Å². The van der Waals surface area contributed by atoms with Gasteiger partial charge in [-0.3, -0.25) is 9.59 Å². The van der Waals surface area contributed by atoms with Gasteiger partial charge in [0.2, 0.25) is 0 Å². The van der Waals surface area contributed by atoms with Crippen LogP contribution < -0.4 is 5.11 Å². The number of carboxylic acid groups (broad SMARTS) is 1. The Morgan fingerprint density at radius 2 is 0.758 bits per heavy atom. The van der Waals surface area contributed by atoms with Gasteiger partial charge in [0.05, 0.1) is 40.3 Å². The molecule has 66 heavy (non-hydrogen) atoms. The van der Waals surface area contributed by atoms with Gasteiger partial charge in [0.15, 0.2) is 6.10 Å². The maximum Gasteiger partial charge on any atom is 0.306 e. The van der Waals surface area contributed by atoms with Crippen molar-refractivity contribution in [2.24, 2.45) is 0 Å². The van der Waals surface area contributed by atoms with E-state index in [-0.39, 0.29) is 42.7 Å². The highest BCUT2D eigenvalue weighted by atomic mass is 16.6. The zero-order valence-corrected chi connectivity index (χ0v) is 44.6. The molecule has 0 radical (unpaired) electrons. The third-order valence-corrected chi connectivity index (χ3v) is 13.4. The van der Waals surface area contributed by atoms with Crippen LogP contribution in [0.5, 0.6) is 0 Å². The Morgan fingerprint density at radius 1 is 0.439 bits per heavy atom. The Balaban J connectivity index is 4.14. The van der Waals surface area contributed by atoms with Crippen molar-refractivity contribution in [2.45, 2.75) is 302 Å². The van der Waals surface area contributed by atoms with E-state index in [0.29, 0.717) is 12.8 Å². The number of hydrogen-bond acceptors (Lipinski definition) is 7. The van der Waals surface area contributed by atoms with E-state index in [1.54, 1.807) is 0 Å². The molecule has 0 saturated carbocycles. The Hall–Kier alpha value is -1.93. The van der Waals surface area contributed by atoms with E-state index in [9.17, 15) is 19.5 Å². The van der Waals surface area contributed by atoms with E-state index in [2.05, 4.69) is 26.0 Å². The predicted molar refractivity (Wildman–Crippen MR) is 278 cm³/mol. The van der Waals surface area contributed by atoms with E-state index < -0.39 is 18.1 Å². The highest BCUT2D eigenvalue weighted by Gasteiger charge is 2.25. The molecule has 0 aliphatic heterocycles. The number of unbranched alkanes of at least 4 members (excludes halogenated alkanes) is 37. The van der Waals surface area contributed by atoms with Gasteiger partial charge in [-0.25, -0.2) is 0 Å². The van der Waals surface area contributed by atoms with Gasteiger partial charge < -0.3 is 28.6 Å². The first-order valence-corrected chi connectivity index (χ1v) is 28.7. The highest BCUT2D eigenvalue weighted by Crippen LogP contribution is 2.17. The second-order valence-corrected chi connectivity index (χ2v) is 20.9. The highest BCUT2D eigenvalue weighted by molar-refractivity contribution is 5.70. The smallest absolute Gasteiger partial charge is 0.306 e. The minimum atomic E-state index is -1.12. The molecule has 0 aliphatic carbocycles. The van der Waals surface area contributed by atoms with E-state index in [1.807, 2.05) is 21.1 Å². The fourth-order valence-corrected chi connectivity index (χ4v) is 8.95. The number of likely N-dealkylation sites (N-methyl/N-ethyl adjacent to an activating group) is 1. The van der Waals surface area contributed by atoms with Crippen LogP contribution >= 0.6 is 0 Å². The average Bonchev–Trinajstić information content (AvgIpc) is 3.28. The number of esters is 2.